The molecule has 1 N–H and O–H groups in total. The molecule has 7 nitrogen and oxygen atoms in total. The van der Waals surface area contributed by atoms with Gasteiger partial charge in [-0.3, -0.25) is 14.0 Å². The van der Waals surface area contributed by atoms with Gasteiger partial charge in [-0.2, -0.15) is 0 Å². The summed E-state index contributed by atoms with van der Waals surface area (Å²) < 4.78 is 3.30. The third kappa shape index (κ3) is 4.08. The molecule has 0 fully saturated rings. The van der Waals surface area contributed by atoms with Gasteiger partial charge in [0.1, 0.15) is 0 Å². The number of carbonyl (C=O) groups is 1. The Labute approximate surface area is 202 Å². The number of para-hydroxylation sites is 2. The zero-order valence-corrected chi connectivity index (χ0v) is 19.2. The van der Waals surface area contributed by atoms with E-state index in [-0.39, 0.29) is 17.2 Å². The maximum absolute atomic E-state index is 13.3. The number of halogens is 2. The molecule has 5 aromatic rings. The Morgan fingerprint density at radius 1 is 0.970 bits per heavy atom. The molecule has 5 rings (SSSR count). The first kappa shape index (κ1) is 21.5. The standard InChI is InChI=1S/C23H15Cl2N5O2S/c24-14-10-11-17(25)18(12-14)26-20(31)13-33-23-28-27-22-29(15-6-2-1-3-7-15)21(32)16-8-4-5-9-19(16)30(22)23/h1-12H,13H2,(H,26,31). The number of rotatable bonds is 5. The second-order valence-corrected chi connectivity index (χ2v) is 8.86. The summed E-state index contributed by atoms with van der Waals surface area (Å²) in [5.41, 5.74) is 1.58. The number of nitrogens with zero attached hydrogens (tertiary/aromatic N) is 4. The van der Waals surface area contributed by atoms with Gasteiger partial charge in [0.25, 0.3) is 5.56 Å². The van der Waals surface area contributed by atoms with Crippen LogP contribution in [0.1, 0.15) is 0 Å². The van der Waals surface area contributed by atoms with Crippen LogP contribution in [0.5, 0.6) is 0 Å². The predicted octanol–water partition coefficient (Wildman–Crippen LogP) is 5.07. The van der Waals surface area contributed by atoms with Crippen LogP contribution in [0.25, 0.3) is 22.4 Å². The molecule has 2 aromatic heterocycles. The van der Waals surface area contributed by atoms with E-state index >= 15 is 0 Å². The van der Waals surface area contributed by atoms with Crippen LogP contribution in [-0.4, -0.2) is 30.8 Å². The van der Waals surface area contributed by atoms with Gasteiger partial charge in [0.2, 0.25) is 11.7 Å². The highest BCUT2D eigenvalue weighted by atomic mass is 35.5. The Morgan fingerprint density at radius 2 is 1.73 bits per heavy atom. The molecule has 164 valence electrons. The lowest BCUT2D eigenvalue weighted by Crippen LogP contribution is -2.21. The van der Waals surface area contributed by atoms with Crippen LogP contribution in [0.4, 0.5) is 5.69 Å². The largest absolute Gasteiger partial charge is 0.324 e. The first-order chi connectivity index (χ1) is 16.0. The van der Waals surface area contributed by atoms with Crippen molar-refractivity contribution in [2.45, 2.75) is 5.16 Å². The van der Waals surface area contributed by atoms with E-state index in [2.05, 4.69) is 15.5 Å². The highest BCUT2D eigenvalue weighted by molar-refractivity contribution is 7.99. The van der Waals surface area contributed by atoms with Crippen molar-refractivity contribution < 1.29 is 4.79 Å². The van der Waals surface area contributed by atoms with E-state index in [1.807, 2.05) is 48.5 Å². The highest BCUT2D eigenvalue weighted by Gasteiger charge is 2.18. The molecule has 0 unspecified atom stereocenters. The Balaban J connectivity index is 1.53. The van der Waals surface area contributed by atoms with Crippen molar-refractivity contribution in [2.24, 2.45) is 0 Å². The minimum Gasteiger partial charge on any atom is -0.324 e. The lowest BCUT2D eigenvalue weighted by Gasteiger charge is -2.11. The van der Waals surface area contributed by atoms with Gasteiger partial charge in [0.15, 0.2) is 5.16 Å². The molecule has 0 saturated carbocycles. The summed E-state index contributed by atoms with van der Waals surface area (Å²) in [6, 6.07) is 21.3. The molecule has 0 saturated heterocycles. The van der Waals surface area contributed by atoms with Crippen molar-refractivity contribution in [3.8, 4) is 5.69 Å². The molecule has 0 aliphatic carbocycles. The van der Waals surface area contributed by atoms with E-state index in [0.717, 1.165) is 0 Å². The zero-order valence-electron chi connectivity index (χ0n) is 16.9. The summed E-state index contributed by atoms with van der Waals surface area (Å²) in [5, 5.41) is 13.2. The normalized spacial score (nSPS) is 11.2. The number of carbonyl (C=O) groups excluding carboxylic acids is 1. The van der Waals surface area contributed by atoms with E-state index < -0.39 is 0 Å². The topological polar surface area (TPSA) is 81.3 Å². The van der Waals surface area contributed by atoms with Crippen LogP contribution in [-0.2, 0) is 4.79 Å². The van der Waals surface area contributed by atoms with Crippen molar-refractivity contribution in [1.82, 2.24) is 19.2 Å². The first-order valence-electron chi connectivity index (χ1n) is 9.85. The number of nitrogens with one attached hydrogen (secondary N) is 1. The van der Waals surface area contributed by atoms with E-state index in [0.29, 0.717) is 43.3 Å². The SMILES string of the molecule is O=C(CSc1nnc2n(-c3ccccc3)c(=O)c3ccccc3n12)Nc1cc(Cl)ccc1Cl. The Bertz CT molecular complexity index is 1570. The molecule has 0 atom stereocenters. The fourth-order valence-corrected chi connectivity index (χ4v) is 4.57. The van der Waals surface area contributed by atoms with Crippen LogP contribution < -0.4 is 10.9 Å². The summed E-state index contributed by atoms with van der Waals surface area (Å²) in [6.45, 7) is 0. The maximum Gasteiger partial charge on any atom is 0.267 e. The molecule has 0 aliphatic heterocycles. The number of hydrogen-bond donors (Lipinski definition) is 1. The summed E-state index contributed by atoms with van der Waals surface area (Å²) in [4.78, 5) is 25.8. The van der Waals surface area contributed by atoms with Gasteiger partial charge in [-0.25, -0.2) is 4.57 Å². The number of amides is 1. The fraction of sp³-hybridized carbons (Fsp3) is 0.0435. The Morgan fingerprint density at radius 3 is 2.55 bits per heavy atom. The summed E-state index contributed by atoms with van der Waals surface area (Å²) in [5.74, 6) is 0.148. The Kier molecular flexibility index (Phi) is 5.80. The molecule has 0 spiro atoms. The Hall–Kier alpha value is -3.33. The second-order valence-electron chi connectivity index (χ2n) is 7.07. The third-order valence-corrected chi connectivity index (χ3v) is 6.44. The van der Waals surface area contributed by atoms with E-state index in [1.165, 1.54) is 16.3 Å². The monoisotopic (exact) mass is 495 g/mol. The molecule has 0 radical (unpaired) electrons. The summed E-state index contributed by atoms with van der Waals surface area (Å²) in [6.07, 6.45) is 0. The van der Waals surface area contributed by atoms with Crippen molar-refractivity contribution in [3.05, 3.63) is 93.2 Å². The van der Waals surface area contributed by atoms with Gasteiger partial charge in [0, 0.05) is 5.02 Å². The number of aromatic nitrogens is 4. The van der Waals surface area contributed by atoms with Gasteiger partial charge in [-0.1, -0.05) is 65.3 Å². The average Bonchev–Trinajstić information content (AvgIpc) is 3.25. The molecular formula is C23H15Cl2N5O2S. The lowest BCUT2D eigenvalue weighted by atomic mass is 10.2. The number of thioether (sulfide) groups is 1. The van der Waals surface area contributed by atoms with Gasteiger partial charge < -0.3 is 5.32 Å². The molecule has 0 aliphatic rings. The molecule has 10 heteroatoms. The predicted molar refractivity (Wildman–Crippen MR) is 132 cm³/mol. The molecule has 1 amide bonds. The second kappa shape index (κ2) is 8.90. The highest BCUT2D eigenvalue weighted by Crippen LogP contribution is 2.27. The van der Waals surface area contributed by atoms with Crippen molar-refractivity contribution >= 4 is 63.2 Å². The third-order valence-electron chi connectivity index (χ3n) is 4.94. The van der Waals surface area contributed by atoms with E-state index in [1.54, 1.807) is 28.7 Å². The quantitative estimate of drug-likeness (QED) is 0.344. The van der Waals surface area contributed by atoms with E-state index in [4.69, 9.17) is 23.2 Å². The van der Waals surface area contributed by atoms with Crippen molar-refractivity contribution in [2.75, 3.05) is 11.1 Å². The van der Waals surface area contributed by atoms with Gasteiger partial charge in [-0.15, -0.1) is 10.2 Å². The van der Waals surface area contributed by atoms with Crippen LogP contribution >= 0.6 is 35.0 Å². The molecule has 0 bridgehead atoms. The molecule has 2 heterocycles. The smallest absolute Gasteiger partial charge is 0.267 e. The fourth-order valence-electron chi connectivity index (χ4n) is 3.49. The number of fused-ring (bicyclic) bond motifs is 3. The first-order valence-corrected chi connectivity index (χ1v) is 11.6. The number of anilines is 1. The van der Waals surface area contributed by atoms with E-state index in [9.17, 15) is 9.59 Å². The minimum absolute atomic E-state index is 0.0580. The van der Waals surface area contributed by atoms with Gasteiger partial charge in [0.05, 0.1) is 33.1 Å². The molecular weight excluding hydrogens is 481 g/mol. The van der Waals surface area contributed by atoms with Crippen LogP contribution in [0.15, 0.2) is 82.7 Å². The lowest BCUT2D eigenvalue weighted by molar-refractivity contribution is -0.113. The average molecular weight is 496 g/mol. The van der Waals surface area contributed by atoms with Crippen LogP contribution in [0, 0.1) is 0 Å². The van der Waals surface area contributed by atoms with Crippen LogP contribution in [0.3, 0.4) is 0 Å². The van der Waals surface area contributed by atoms with Gasteiger partial charge in [-0.05, 0) is 42.5 Å². The minimum atomic E-state index is -0.276. The zero-order chi connectivity index (χ0) is 22.9. The number of benzene rings is 3. The van der Waals surface area contributed by atoms with Crippen LogP contribution in [0.2, 0.25) is 10.0 Å². The molecule has 3 aromatic carbocycles. The molecule has 33 heavy (non-hydrogen) atoms. The van der Waals surface area contributed by atoms with Crippen molar-refractivity contribution in [3.63, 3.8) is 0 Å². The number of hydrogen-bond acceptors (Lipinski definition) is 5. The maximum atomic E-state index is 13.3. The van der Waals surface area contributed by atoms with Gasteiger partial charge >= 0.3 is 0 Å². The summed E-state index contributed by atoms with van der Waals surface area (Å²) in [7, 11) is 0. The summed E-state index contributed by atoms with van der Waals surface area (Å²) >= 11 is 13.3. The van der Waals surface area contributed by atoms with Crippen molar-refractivity contribution in [1.29, 1.82) is 0 Å².